The molecule has 0 saturated carbocycles. The molecule has 3 rings (SSSR count). The molecule has 5 heteroatoms. The average Bonchev–Trinajstić information content (AvgIpc) is 2.96. The molecule has 0 radical (unpaired) electrons. The Hall–Kier alpha value is -2.40. The summed E-state index contributed by atoms with van der Waals surface area (Å²) in [6.07, 6.45) is 0.794. The van der Waals surface area contributed by atoms with Gasteiger partial charge in [0.2, 0.25) is 0 Å². The Morgan fingerprint density at radius 3 is 2.00 bits per heavy atom. The number of fused-ring (bicyclic) bond motifs is 1. The summed E-state index contributed by atoms with van der Waals surface area (Å²) in [4.78, 5) is 26.6. The number of thiophene rings is 1. The van der Waals surface area contributed by atoms with E-state index < -0.39 is 11.9 Å². The number of hydrogen-bond acceptors (Lipinski definition) is 5. The number of methoxy groups -OCH3 is 2. The highest BCUT2D eigenvalue weighted by atomic mass is 32.1. The minimum Gasteiger partial charge on any atom is -0.466 e. The molecule has 0 atom stereocenters. The molecule has 0 aliphatic heterocycles. The van der Waals surface area contributed by atoms with E-state index in [0.717, 1.165) is 26.4 Å². The highest BCUT2D eigenvalue weighted by molar-refractivity contribution is 7.15. The van der Waals surface area contributed by atoms with Gasteiger partial charge in [-0.2, -0.15) is 0 Å². The minimum absolute atomic E-state index is 0.390. The number of carbonyl (C=O) groups is 2. The first-order valence-corrected chi connectivity index (χ1v) is 8.43. The van der Waals surface area contributed by atoms with Crippen molar-refractivity contribution in [3.05, 3.63) is 57.5 Å². The summed E-state index contributed by atoms with van der Waals surface area (Å²) in [5, 5.41) is 0. The van der Waals surface area contributed by atoms with E-state index in [1.165, 1.54) is 14.2 Å². The lowest BCUT2D eigenvalue weighted by Gasteiger charge is -2.19. The van der Waals surface area contributed by atoms with Crippen LogP contribution in [0.3, 0.4) is 0 Å². The predicted molar refractivity (Wildman–Crippen MR) is 93.0 cm³/mol. The van der Waals surface area contributed by atoms with Crippen LogP contribution in [0, 0.1) is 6.92 Å². The van der Waals surface area contributed by atoms with Crippen LogP contribution in [0.4, 0.5) is 0 Å². The van der Waals surface area contributed by atoms with Crippen LogP contribution >= 0.6 is 11.3 Å². The lowest BCUT2D eigenvalue weighted by Crippen LogP contribution is -2.22. The molecule has 0 amide bonds. The van der Waals surface area contributed by atoms with Crippen molar-refractivity contribution in [1.82, 2.24) is 0 Å². The fraction of sp³-hybridized carbons (Fsp3) is 0.263. The zero-order chi connectivity index (χ0) is 17.3. The van der Waals surface area contributed by atoms with E-state index in [2.05, 4.69) is 12.1 Å². The van der Waals surface area contributed by atoms with Gasteiger partial charge in [0.05, 0.1) is 25.4 Å². The standard InChI is InChI=1S/C19H18O4S/c1-11-13-9-15(18(20)22-2)16(19(21)23-3)10-14(13)17(24-11)12-7-5-4-6-8-12/h4-8H,9-10H2,1-3H3. The van der Waals surface area contributed by atoms with Crippen LogP contribution in [0.1, 0.15) is 16.0 Å². The molecule has 1 heterocycles. The number of ether oxygens (including phenoxy) is 2. The van der Waals surface area contributed by atoms with Crippen LogP contribution < -0.4 is 0 Å². The number of benzene rings is 1. The zero-order valence-corrected chi connectivity index (χ0v) is 14.7. The summed E-state index contributed by atoms with van der Waals surface area (Å²) in [7, 11) is 2.66. The van der Waals surface area contributed by atoms with Crippen LogP contribution in [0.5, 0.6) is 0 Å². The van der Waals surface area contributed by atoms with Gasteiger partial charge in [0, 0.05) is 22.6 Å². The van der Waals surface area contributed by atoms with E-state index >= 15 is 0 Å². The molecule has 1 aromatic heterocycles. The van der Waals surface area contributed by atoms with E-state index in [0.29, 0.717) is 24.0 Å². The molecular weight excluding hydrogens is 324 g/mol. The minimum atomic E-state index is -0.469. The Morgan fingerprint density at radius 2 is 1.46 bits per heavy atom. The fourth-order valence-corrected chi connectivity index (χ4v) is 4.27. The molecule has 0 unspecified atom stereocenters. The van der Waals surface area contributed by atoms with Crippen molar-refractivity contribution in [1.29, 1.82) is 0 Å². The van der Waals surface area contributed by atoms with Crippen molar-refractivity contribution in [2.24, 2.45) is 0 Å². The second-order valence-electron chi connectivity index (χ2n) is 5.60. The predicted octanol–water partition coefficient (Wildman–Crippen LogP) is 3.46. The third kappa shape index (κ3) is 2.76. The quantitative estimate of drug-likeness (QED) is 0.802. The molecule has 0 spiro atoms. The van der Waals surface area contributed by atoms with Crippen molar-refractivity contribution in [3.63, 3.8) is 0 Å². The maximum Gasteiger partial charge on any atom is 0.334 e. The van der Waals surface area contributed by atoms with Crippen LogP contribution in [0.25, 0.3) is 10.4 Å². The Labute approximate surface area is 144 Å². The maximum atomic E-state index is 12.2. The first kappa shape index (κ1) is 16.5. The van der Waals surface area contributed by atoms with Crippen LogP contribution in [-0.2, 0) is 31.9 Å². The molecule has 0 fully saturated rings. The number of aryl methyl sites for hydroxylation is 1. The summed E-state index contributed by atoms with van der Waals surface area (Å²) in [6, 6.07) is 10.1. The molecule has 1 aliphatic carbocycles. The van der Waals surface area contributed by atoms with Crippen molar-refractivity contribution < 1.29 is 19.1 Å². The van der Waals surface area contributed by atoms with Gasteiger partial charge in [-0.25, -0.2) is 9.59 Å². The first-order chi connectivity index (χ1) is 11.6. The second-order valence-corrected chi connectivity index (χ2v) is 6.83. The molecule has 4 nitrogen and oxygen atoms in total. The Morgan fingerprint density at radius 1 is 0.917 bits per heavy atom. The lowest BCUT2D eigenvalue weighted by atomic mass is 9.85. The normalized spacial score (nSPS) is 13.5. The highest BCUT2D eigenvalue weighted by Gasteiger charge is 2.32. The molecule has 0 N–H and O–H groups in total. The summed E-state index contributed by atoms with van der Waals surface area (Å²) in [5.74, 6) is -0.933. The Balaban J connectivity index is 2.12. The third-order valence-corrected chi connectivity index (χ3v) is 5.53. The van der Waals surface area contributed by atoms with E-state index in [-0.39, 0.29) is 0 Å². The van der Waals surface area contributed by atoms with Gasteiger partial charge in [0.15, 0.2) is 0 Å². The van der Waals surface area contributed by atoms with E-state index in [1.54, 1.807) is 11.3 Å². The van der Waals surface area contributed by atoms with Crippen molar-refractivity contribution in [3.8, 4) is 10.4 Å². The fourth-order valence-electron chi connectivity index (χ4n) is 3.07. The number of hydrogen-bond donors (Lipinski definition) is 0. The Bertz CT molecular complexity index is 831. The van der Waals surface area contributed by atoms with Crippen LogP contribution in [0.15, 0.2) is 41.5 Å². The Kier molecular flexibility index (Phi) is 4.53. The zero-order valence-electron chi connectivity index (χ0n) is 13.8. The molecular formula is C19H18O4S. The number of carbonyl (C=O) groups excluding carboxylic acids is 2. The topological polar surface area (TPSA) is 52.6 Å². The molecule has 2 aromatic rings. The monoisotopic (exact) mass is 342 g/mol. The molecule has 1 aromatic carbocycles. The van der Waals surface area contributed by atoms with Gasteiger partial charge in [-0.3, -0.25) is 0 Å². The second kappa shape index (κ2) is 6.61. The van der Waals surface area contributed by atoms with Gasteiger partial charge in [0.1, 0.15) is 0 Å². The van der Waals surface area contributed by atoms with Crippen LogP contribution in [-0.4, -0.2) is 26.2 Å². The van der Waals surface area contributed by atoms with E-state index in [9.17, 15) is 9.59 Å². The van der Waals surface area contributed by atoms with Crippen molar-refractivity contribution in [2.75, 3.05) is 14.2 Å². The lowest BCUT2D eigenvalue weighted by molar-refractivity contribution is -0.139. The molecule has 24 heavy (non-hydrogen) atoms. The van der Waals surface area contributed by atoms with Gasteiger partial charge in [-0.1, -0.05) is 30.3 Å². The maximum absolute atomic E-state index is 12.2. The largest absolute Gasteiger partial charge is 0.466 e. The highest BCUT2D eigenvalue weighted by Crippen LogP contribution is 2.42. The molecule has 124 valence electrons. The molecule has 0 saturated heterocycles. The summed E-state index contributed by atoms with van der Waals surface area (Å²) in [6.45, 7) is 2.05. The smallest absolute Gasteiger partial charge is 0.334 e. The van der Waals surface area contributed by atoms with Gasteiger partial charge < -0.3 is 9.47 Å². The summed E-state index contributed by atoms with van der Waals surface area (Å²) >= 11 is 1.70. The average molecular weight is 342 g/mol. The number of esters is 2. The van der Waals surface area contributed by atoms with Crippen molar-refractivity contribution in [2.45, 2.75) is 19.8 Å². The summed E-state index contributed by atoms with van der Waals surface area (Å²) < 4.78 is 9.74. The number of rotatable bonds is 3. The SMILES string of the molecule is COC(=O)C1=C(C(=O)OC)Cc2c(-c3ccccc3)sc(C)c2C1. The van der Waals surface area contributed by atoms with Gasteiger partial charge >= 0.3 is 11.9 Å². The third-order valence-electron chi connectivity index (χ3n) is 4.29. The van der Waals surface area contributed by atoms with Gasteiger partial charge in [-0.05, 0) is 23.6 Å². The first-order valence-electron chi connectivity index (χ1n) is 7.62. The molecule has 1 aliphatic rings. The van der Waals surface area contributed by atoms with Gasteiger partial charge in [0.25, 0.3) is 0 Å². The van der Waals surface area contributed by atoms with Crippen molar-refractivity contribution >= 4 is 23.3 Å². The van der Waals surface area contributed by atoms with Crippen LogP contribution in [0.2, 0.25) is 0 Å². The van der Waals surface area contributed by atoms with E-state index in [1.807, 2.05) is 25.1 Å². The van der Waals surface area contributed by atoms with Gasteiger partial charge in [-0.15, -0.1) is 11.3 Å². The van der Waals surface area contributed by atoms with E-state index in [4.69, 9.17) is 9.47 Å². The summed E-state index contributed by atoms with van der Waals surface area (Å²) in [5.41, 5.74) is 4.14. The molecule has 0 bridgehead atoms.